The highest BCUT2D eigenvalue weighted by Gasteiger charge is 2.26. The second-order valence-corrected chi connectivity index (χ2v) is 7.10. The normalized spacial score (nSPS) is 23.2. The Balaban J connectivity index is 2.27. The fourth-order valence-corrected chi connectivity index (χ4v) is 3.87. The third kappa shape index (κ3) is 7.65. The summed E-state index contributed by atoms with van der Waals surface area (Å²) >= 11 is 1.82. The Bertz CT molecular complexity index is 273. The highest BCUT2D eigenvalue weighted by molar-refractivity contribution is 7.97. The molecule has 0 aromatic rings. The van der Waals surface area contributed by atoms with Crippen LogP contribution in [0.3, 0.4) is 0 Å². The Labute approximate surface area is 129 Å². The third-order valence-corrected chi connectivity index (χ3v) is 5.20. The van der Waals surface area contributed by atoms with Gasteiger partial charge >= 0.3 is 0 Å². The molecule has 1 rings (SSSR count). The summed E-state index contributed by atoms with van der Waals surface area (Å²) in [6.45, 7) is 5.06. The van der Waals surface area contributed by atoms with Crippen molar-refractivity contribution >= 4 is 17.7 Å². The van der Waals surface area contributed by atoms with Gasteiger partial charge in [-0.05, 0) is 38.0 Å². The smallest absolute Gasteiger partial charge is 0.129 e. The Hall–Kier alpha value is -0.0600. The molecule has 0 aromatic heterocycles. The van der Waals surface area contributed by atoms with E-state index in [1.807, 2.05) is 11.9 Å². The molecule has 1 saturated carbocycles. The molecule has 0 bridgehead atoms. The van der Waals surface area contributed by atoms with Crippen LogP contribution in [-0.4, -0.2) is 30.1 Å². The summed E-state index contributed by atoms with van der Waals surface area (Å²) in [5.41, 5.74) is 0. The quantitative estimate of drug-likeness (QED) is 0.375. The molecule has 0 heterocycles. The van der Waals surface area contributed by atoms with Crippen LogP contribution in [-0.2, 0) is 4.79 Å². The predicted molar refractivity (Wildman–Crippen MR) is 88.5 cm³/mol. The summed E-state index contributed by atoms with van der Waals surface area (Å²) in [7, 11) is 2.15. The third-order valence-electron chi connectivity index (χ3n) is 4.26. The molecule has 0 aliphatic heterocycles. The number of carbonyl (C=O) groups excluding carboxylic acids is 1. The number of unbranched alkanes of at least 4 members (excludes halogenated alkanes) is 1. The van der Waals surface area contributed by atoms with Crippen LogP contribution in [0.4, 0.5) is 0 Å². The fraction of sp³-hybridized carbons (Fsp3) is 0.938. The molecule has 2 atom stereocenters. The van der Waals surface area contributed by atoms with Crippen LogP contribution in [0.25, 0.3) is 0 Å². The number of rotatable bonds is 10. The molecule has 4 heteroatoms. The Morgan fingerprint density at radius 3 is 2.65 bits per heavy atom. The van der Waals surface area contributed by atoms with Crippen LogP contribution in [0, 0.1) is 11.8 Å². The monoisotopic (exact) mass is 300 g/mol. The number of nitrogens with one attached hydrogen (secondary N) is 1. The summed E-state index contributed by atoms with van der Waals surface area (Å²) in [6, 6.07) is 0. The molecule has 0 unspecified atom stereocenters. The minimum atomic E-state index is 0.343. The van der Waals surface area contributed by atoms with Crippen LogP contribution in [0.1, 0.15) is 65.2 Å². The maximum absolute atomic E-state index is 11.2. The van der Waals surface area contributed by atoms with Gasteiger partial charge in [0, 0.05) is 25.8 Å². The first-order chi connectivity index (χ1) is 9.63. The molecular formula is C16H32N2OS. The van der Waals surface area contributed by atoms with Crippen molar-refractivity contribution < 1.29 is 4.79 Å². The lowest BCUT2D eigenvalue weighted by molar-refractivity contribution is -0.117. The van der Waals surface area contributed by atoms with Crippen molar-refractivity contribution in [3.05, 3.63) is 0 Å². The van der Waals surface area contributed by atoms with E-state index in [-0.39, 0.29) is 0 Å². The first-order valence-corrected chi connectivity index (χ1v) is 9.20. The van der Waals surface area contributed by atoms with Gasteiger partial charge in [-0.2, -0.15) is 4.83 Å². The van der Waals surface area contributed by atoms with Gasteiger partial charge in [0.15, 0.2) is 0 Å². The molecule has 3 nitrogen and oxygen atoms in total. The average molecular weight is 301 g/mol. The lowest BCUT2D eigenvalue weighted by atomic mass is 9.76. The Morgan fingerprint density at radius 2 is 2.00 bits per heavy atom. The van der Waals surface area contributed by atoms with E-state index in [1.165, 1.54) is 44.3 Å². The van der Waals surface area contributed by atoms with Gasteiger partial charge in [-0.1, -0.05) is 44.6 Å². The van der Waals surface area contributed by atoms with Crippen molar-refractivity contribution in [2.45, 2.75) is 65.2 Å². The van der Waals surface area contributed by atoms with Crippen LogP contribution < -0.4 is 4.83 Å². The molecule has 1 aliphatic carbocycles. The van der Waals surface area contributed by atoms with Gasteiger partial charge in [-0.15, -0.1) is 0 Å². The first kappa shape index (κ1) is 18.0. The number of nitrogens with zero attached hydrogens (tertiary/aromatic N) is 1. The van der Waals surface area contributed by atoms with Gasteiger partial charge in [-0.25, -0.2) is 5.01 Å². The van der Waals surface area contributed by atoms with Gasteiger partial charge in [0.05, 0.1) is 0 Å². The molecule has 0 radical (unpaired) electrons. The minimum Gasteiger partial charge on any atom is -0.300 e. The Morgan fingerprint density at radius 1 is 1.30 bits per heavy atom. The second-order valence-electron chi connectivity index (χ2n) is 6.22. The summed E-state index contributed by atoms with van der Waals surface area (Å²) < 4.78 is 0. The lowest BCUT2D eigenvalue weighted by Gasteiger charge is -2.34. The number of hydrogen-bond acceptors (Lipinski definition) is 4. The first-order valence-electron chi connectivity index (χ1n) is 8.21. The fourth-order valence-electron chi connectivity index (χ4n) is 3.05. The molecule has 118 valence electrons. The molecule has 0 aromatic carbocycles. The molecule has 20 heavy (non-hydrogen) atoms. The maximum Gasteiger partial charge on any atom is 0.129 e. The van der Waals surface area contributed by atoms with E-state index in [1.54, 1.807) is 6.92 Å². The summed E-state index contributed by atoms with van der Waals surface area (Å²) in [5, 5.41) is 2.25. The molecule has 0 spiro atoms. The number of ketones is 1. The topological polar surface area (TPSA) is 32.3 Å². The zero-order valence-electron chi connectivity index (χ0n) is 13.5. The van der Waals surface area contributed by atoms with Gasteiger partial charge < -0.3 is 4.79 Å². The van der Waals surface area contributed by atoms with E-state index in [4.69, 9.17) is 0 Å². The van der Waals surface area contributed by atoms with E-state index in [0.29, 0.717) is 5.78 Å². The number of hydrogen-bond donors (Lipinski definition) is 1. The molecule has 0 saturated heterocycles. The van der Waals surface area contributed by atoms with Gasteiger partial charge in [0.25, 0.3) is 0 Å². The maximum atomic E-state index is 11.2. The second kappa shape index (κ2) is 10.6. The van der Waals surface area contributed by atoms with Crippen LogP contribution >= 0.6 is 11.9 Å². The van der Waals surface area contributed by atoms with Crippen molar-refractivity contribution in [2.75, 3.05) is 19.3 Å². The largest absolute Gasteiger partial charge is 0.300 e. The van der Waals surface area contributed by atoms with E-state index >= 15 is 0 Å². The average Bonchev–Trinajstić information content (AvgIpc) is 2.42. The molecule has 1 aliphatic rings. The Kier molecular flexibility index (Phi) is 9.57. The number of hydrazine groups is 1. The van der Waals surface area contributed by atoms with Crippen LogP contribution in [0.2, 0.25) is 0 Å². The molecule has 0 amide bonds. The lowest BCUT2D eigenvalue weighted by Crippen LogP contribution is -2.37. The van der Waals surface area contributed by atoms with Gasteiger partial charge in [0.2, 0.25) is 0 Å². The van der Waals surface area contributed by atoms with E-state index < -0.39 is 0 Å². The highest BCUT2D eigenvalue weighted by Crippen LogP contribution is 2.33. The van der Waals surface area contributed by atoms with E-state index in [0.717, 1.165) is 31.2 Å². The molecule has 1 fully saturated rings. The predicted octanol–water partition coefficient (Wildman–Crippen LogP) is 4.05. The zero-order chi connectivity index (χ0) is 14.8. The van der Waals surface area contributed by atoms with Crippen molar-refractivity contribution in [2.24, 2.45) is 11.8 Å². The van der Waals surface area contributed by atoms with Crippen LogP contribution in [0.5, 0.6) is 0 Å². The van der Waals surface area contributed by atoms with E-state index in [9.17, 15) is 4.79 Å². The summed E-state index contributed by atoms with van der Waals surface area (Å²) in [6.07, 6.45) is 9.74. The number of carbonyl (C=O) groups is 1. The standard InChI is InChI=1S/C16H32N2OS/c1-4-5-12-20-17-18(3)13-16-9-7-6-8-15(16)11-10-14(2)19/h15-17H,4-13H2,1-3H3/t15-,16+/m0/s1. The van der Waals surface area contributed by atoms with Crippen molar-refractivity contribution in [1.29, 1.82) is 0 Å². The van der Waals surface area contributed by atoms with Crippen molar-refractivity contribution in [3.8, 4) is 0 Å². The summed E-state index contributed by atoms with van der Waals surface area (Å²) in [5.74, 6) is 3.03. The minimum absolute atomic E-state index is 0.343. The highest BCUT2D eigenvalue weighted by atomic mass is 32.2. The van der Waals surface area contributed by atoms with Crippen LogP contribution in [0.15, 0.2) is 0 Å². The molecular weight excluding hydrogens is 268 g/mol. The number of Topliss-reactive ketones (excluding diaryl/α,β-unsaturated/α-hetero) is 1. The zero-order valence-corrected chi connectivity index (χ0v) is 14.3. The van der Waals surface area contributed by atoms with Crippen molar-refractivity contribution in [3.63, 3.8) is 0 Å². The van der Waals surface area contributed by atoms with E-state index in [2.05, 4.69) is 23.8 Å². The molecule has 1 N–H and O–H groups in total. The summed E-state index contributed by atoms with van der Waals surface area (Å²) in [4.78, 5) is 14.6. The van der Waals surface area contributed by atoms with Gasteiger partial charge in [-0.3, -0.25) is 0 Å². The van der Waals surface area contributed by atoms with Crippen molar-refractivity contribution in [1.82, 2.24) is 9.84 Å². The SMILES string of the molecule is CCCCSNN(C)C[C@H]1CCCC[C@H]1CCC(C)=O. The van der Waals surface area contributed by atoms with Gasteiger partial charge in [0.1, 0.15) is 5.78 Å².